The van der Waals surface area contributed by atoms with Crippen LogP contribution in [0, 0.1) is 0 Å². The van der Waals surface area contributed by atoms with Gasteiger partial charge in [-0.2, -0.15) is 0 Å². The number of hydrogen-bond donors (Lipinski definition) is 2. The number of aryl methyl sites for hydroxylation is 1. The maximum atomic E-state index is 11.8. The van der Waals surface area contributed by atoms with Crippen molar-refractivity contribution in [3.05, 3.63) is 29.3 Å². The fourth-order valence-corrected chi connectivity index (χ4v) is 3.49. The molecule has 0 spiro atoms. The van der Waals surface area contributed by atoms with Crippen LogP contribution >= 0.6 is 0 Å². The Balaban J connectivity index is 1.41. The van der Waals surface area contributed by atoms with E-state index in [2.05, 4.69) is 40.8 Å². The van der Waals surface area contributed by atoms with Gasteiger partial charge in [0.05, 0.1) is 6.10 Å². The Labute approximate surface area is 148 Å². The van der Waals surface area contributed by atoms with Crippen molar-refractivity contribution in [2.75, 3.05) is 38.2 Å². The number of nitrogens with one attached hydrogen (secondary N) is 2. The summed E-state index contributed by atoms with van der Waals surface area (Å²) in [7, 11) is 2.12. The van der Waals surface area contributed by atoms with Crippen LogP contribution in [0.15, 0.2) is 18.2 Å². The van der Waals surface area contributed by atoms with Crippen LogP contribution in [0.3, 0.4) is 0 Å². The average molecular weight is 345 g/mol. The number of anilines is 1. The highest BCUT2D eigenvalue weighted by Gasteiger charge is 2.19. The number of benzene rings is 1. The van der Waals surface area contributed by atoms with Gasteiger partial charge < -0.3 is 20.3 Å². The summed E-state index contributed by atoms with van der Waals surface area (Å²) in [6.07, 6.45) is 5.01. The summed E-state index contributed by atoms with van der Waals surface area (Å²) in [6.45, 7) is 2.71. The molecule has 136 valence electrons. The fraction of sp³-hybridized carbons (Fsp3) is 0.579. The Kier molecular flexibility index (Phi) is 5.91. The van der Waals surface area contributed by atoms with Crippen molar-refractivity contribution < 1.29 is 14.3 Å². The van der Waals surface area contributed by atoms with E-state index in [1.165, 1.54) is 23.2 Å². The van der Waals surface area contributed by atoms with Crippen molar-refractivity contribution in [1.82, 2.24) is 10.6 Å². The Morgan fingerprint density at radius 2 is 2.08 bits per heavy atom. The maximum Gasteiger partial charge on any atom is 0.309 e. The van der Waals surface area contributed by atoms with Gasteiger partial charge in [-0.05, 0) is 49.3 Å². The zero-order valence-electron chi connectivity index (χ0n) is 14.8. The van der Waals surface area contributed by atoms with E-state index in [1.807, 2.05) is 0 Å². The quantitative estimate of drug-likeness (QED) is 0.782. The summed E-state index contributed by atoms with van der Waals surface area (Å²) in [5, 5.41) is 5.33. The van der Waals surface area contributed by atoms with Crippen molar-refractivity contribution in [2.24, 2.45) is 0 Å². The highest BCUT2D eigenvalue weighted by Crippen LogP contribution is 2.26. The van der Waals surface area contributed by atoms with Gasteiger partial charge in [-0.3, -0.25) is 9.59 Å². The molecule has 1 saturated heterocycles. The second kappa shape index (κ2) is 8.34. The van der Waals surface area contributed by atoms with Gasteiger partial charge in [-0.15, -0.1) is 0 Å². The lowest BCUT2D eigenvalue weighted by atomic mass is 9.98. The monoisotopic (exact) mass is 345 g/mol. The maximum absolute atomic E-state index is 11.8. The van der Waals surface area contributed by atoms with Crippen LogP contribution < -0.4 is 15.5 Å². The second-order valence-corrected chi connectivity index (χ2v) is 6.84. The van der Waals surface area contributed by atoms with Gasteiger partial charge in [0.2, 0.25) is 0 Å². The third kappa shape index (κ3) is 4.72. The molecule has 2 amide bonds. The minimum atomic E-state index is -0.581. The van der Waals surface area contributed by atoms with Crippen LogP contribution in [-0.4, -0.2) is 51.2 Å². The number of nitrogens with zero attached hydrogens (tertiary/aromatic N) is 1. The molecule has 3 rings (SSSR count). The van der Waals surface area contributed by atoms with E-state index in [9.17, 15) is 9.59 Å². The first-order valence-electron chi connectivity index (χ1n) is 9.14. The van der Waals surface area contributed by atoms with E-state index < -0.39 is 11.8 Å². The van der Waals surface area contributed by atoms with Crippen molar-refractivity contribution in [3.8, 4) is 0 Å². The lowest BCUT2D eigenvalue weighted by Gasteiger charge is -2.27. The SMILES string of the molecule is CN1CCCc2cc(CCNC(=O)C(=O)NC[C@H]3CCCO3)ccc21. The molecule has 1 aromatic carbocycles. The Bertz CT molecular complexity index is 626. The molecule has 6 nitrogen and oxygen atoms in total. The lowest BCUT2D eigenvalue weighted by Crippen LogP contribution is -2.43. The highest BCUT2D eigenvalue weighted by molar-refractivity contribution is 6.35. The molecule has 1 atom stereocenters. The number of hydrogen-bond acceptors (Lipinski definition) is 4. The molecule has 25 heavy (non-hydrogen) atoms. The molecular formula is C19H27N3O3. The Morgan fingerprint density at radius 3 is 2.88 bits per heavy atom. The third-order valence-corrected chi connectivity index (χ3v) is 4.91. The minimum absolute atomic E-state index is 0.0466. The van der Waals surface area contributed by atoms with E-state index in [0.717, 1.165) is 38.8 Å². The highest BCUT2D eigenvalue weighted by atomic mass is 16.5. The Morgan fingerprint density at radius 1 is 1.24 bits per heavy atom. The Hall–Kier alpha value is -2.08. The van der Waals surface area contributed by atoms with E-state index in [1.54, 1.807) is 0 Å². The van der Waals surface area contributed by atoms with Crippen LogP contribution in [0.2, 0.25) is 0 Å². The van der Waals surface area contributed by atoms with E-state index in [4.69, 9.17) is 4.74 Å². The number of carbonyl (C=O) groups is 2. The molecule has 0 radical (unpaired) electrons. The first-order valence-corrected chi connectivity index (χ1v) is 9.14. The van der Waals surface area contributed by atoms with E-state index in [-0.39, 0.29) is 6.10 Å². The van der Waals surface area contributed by atoms with Gasteiger partial charge in [0, 0.05) is 39.0 Å². The largest absolute Gasteiger partial charge is 0.376 e. The normalized spacial score (nSPS) is 19.4. The molecule has 6 heteroatoms. The van der Waals surface area contributed by atoms with Crippen LogP contribution in [0.25, 0.3) is 0 Å². The zero-order valence-corrected chi connectivity index (χ0v) is 14.8. The lowest BCUT2D eigenvalue weighted by molar-refractivity contribution is -0.139. The van der Waals surface area contributed by atoms with Crippen molar-refractivity contribution >= 4 is 17.5 Å². The average Bonchev–Trinajstić information content (AvgIpc) is 3.13. The predicted molar refractivity (Wildman–Crippen MR) is 96.7 cm³/mol. The van der Waals surface area contributed by atoms with E-state index >= 15 is 0 Å². The smallest absolute Gasteiger partial charge is 0.309 e. The summed E-state index contributed by atoms with van der Waals surface area (Å²) in [5.74, 6) is -1.15. The molecule has 0 unspecified atom stereocenters. The third-order valence-electron chi connectivity index (χ3n) is 4.91. The summed E-state index contributed by atoms with van der Waals surface area (Å²) in [6, 6.07) is 6.47. The molecule has 0 saturated carbocycles. The molecule has 1 aromatic rings. The van der Waals surface area contributed by atoms with Crippen molar-refractivity contribution in [1.29, 1.82) is 0 Å². The summed E-state index contributed by atoms with van der Waals surface area (Å²) >= 11 is 0. The summed E-state index contributed by atoms with van der Waals surface area (Å²) in [5.41, 5.74) is 3.86. The predicted octanol–water partition coefficient (Wildman–Crippen LogP) is 1.02. The number of amides is 2. The summed E-state index contributed by atoms with van der Waals surface area (Å²) < 4.78 is 5.43. The molecule has 0 aromatic heterocycles. The molecule has 1 fully saturated rings. The van der Waals surface area contributed by atoms with Crippen LogP contribution in [0.5, 0.6) is 0 Å². The first-order chi connectivity index (χ1) is 12.1. The topological polar surface area (TPSA) is 70.7 Å². The second-order valence-electron chi connectivity index (χ2n) is 6.84. The molecular weight excluding hydrogens is 318 g/mol. The number of ether oxygens (including phenoxy) is 1. The number of fused-ring (bicyclic) bond motifs is 1. The van der Waals surface area contributed by atoms with Crippen molar-refractivity contribution in [3.63, 3.8) is 0 Å². The number of carbonyl (C=O) groups excluding carboxylic acids is 2. The fourth-order valence-electron chi connectivity index (χ4n) is 3.49. The zero-order chi connectivity index (χ0) is 17.6. The number of rotatable bonds is 5. The van der Waals surface area contributed by atoms with Crippen molar-refractivity contribution in [2.45, 2.75) is 38.2 Å². The first kappa shape index (κ1) is 17.7. The standard InChI is InChI=1S/C19H27N3O3/c1-22-10-2-4-15-12-14(6-7-17(15)22)8-9-20-18(23)19(24)21-13-16-5-3-11-25-16/h6-7,12,16H,2-5,8-11,13H2,1H3,(H,20,23)(H,21,24)/t16-/m1/s1. The van der Waals surface area contributed by atoms with Gasteiger partial charge in [-0.1, -0.05) is 12.1 Å². The van der Waals surface area contributed by atoms with Gasteiger partial charge >= 0.3 is 11.8 Å². The molecule has 0 bridgehead atoms. The minimum Gasteiger partial charge on any atom is -0.376 e. The molecule has 2 aliphatic heterocycles. The molecule has 0 aliphatic carbocycles. The van der Waals surface area contributed by atoms with Crippen LogP contribution in [-0.2, 0) is 27.2 Å². The molecule has 2 heterocycles. The van der Waals surface area contributed by atoms with Gasteiger partial charge in [0.15, 0.2) is 0 Å². The molecule has 2 aliphatic rings. The van der Waals surface area contributed by atoms with E-state index in [0.29, 0.717) is 13.1 Å². The summed E-state index contributed by atoms with van der Waals surface area (Å²) in [4.78, 5) is 25.9. The van der Waals surface area contributed by atoms with Gasteiger partial charge in [0.1, 0.15) is 0 Å². The van der Waals surface area contributed by atoms with Gasteiger partial charge in [-0.25, -0.2) is 0 Å². The van der Waals surface area contributed by atoms with Crippen LogP contribution in [0.4, 0.5) is 5.69 Å². The molecule has 2 N–H and O–H groups in total. The van der Waals surface area contributed by atoms with Crippen LogP contribution in [0.1, 0.15) is 30.4 Å². The van der Waals surface area contributed by atoms with Gasteiger partial charge in [0.25, 0.3) is 0 Å².